The number of aryl methyl sites for hydroxylation is 1. The van der Waals surface area contributed by atoms with E-state index >= 15 is 0 Å². The minimum Gasteiger partial charge on any atom is -0.285 e. The summed E-state index contributed by atoms with van der Waals surface area (Å²) in [7, 11) is 1.99. The molecule has 1 aromatic heterocycles. The monoisotopic (exact) mass is 242 g/mol. The topological polar surface area (TPSA) is 26.9 Å². The zero-order chi connectivity index (χ0) is 12.7. The summed E-state index contributed by atoms with van der Waals surface area (Å²) < 4.78 is 3.82. The van der Waals surface area contributed by atoms with Crippen LogP contribution in [0, 0.1) is 0 Å². The number of aromatic nitrogens is 2. The molecule has 0 aliphatic heterocycles. The SMILES string of the molecule is CCc1ccccc1-n1c(=O)cc(C2CC2)n1C. The summed E-state index contributed by atoms with van der Waals surface area (Å²) in [5, 5.41) is 0. The molecular weight excluding hydrogens is 224 g/mol. The summed E-state index contributed by atoms with van der Waals surface area (Å²) >= 11 is 0. The van der Waals surface area contributed by atoms with Gasteiger partial charge in [-0.05, 0) is 30.9 Å². The molecular formula is C15H18N2O. The van der Waals surface area contributed by atoms with E-state index in [1.54, 1.807) is 10.7 Å². The molecule has 1 heterocycles. The quantitative estimate of drug-likeness (QED) is 0.812. The van der Waals surface area contributed by atoms with Crippen molar-refractivity contribution in [2.75, 3.05) is 0 Å². The zero-order valence-electron chi connectivity index (χ0n) is 10.9. The molecule has 0 spiro atoms. The first-order chi connectivity index (χ1) is 8.72. The van der Waals surface area contributed by atoms with Gasteiger partial charge in [0.15, 0.2) is 0 Å². The molecule has 18 heavy (non-hydrogen) atoms. The maximum Gasteiger partial charge on any atom is 0.271 e. The van der Waals surface area contributed by atoms with Crippen LogP contribution in [0.15, 0.2) is 35.1 Å². The highest BCUT2D eigenvalue weighted by molar-refractivity contribution is 5.41. The van der Waals surface area contributed by atoms with E-state index in [-0.39, 0.29) is 5.56 Å². The van der Waals surface area contributed by atoms with E-state index in [0.29, 0.717) is 5.92 Å². The lowest BCUT2D eigenvalue weighted by Crippen LogP contribution is -2.20. The van der Waals surface area contributed by atoms with Gasteiger partial charge < -0.3 is 0 Å². The Hall–Kier alpha value is -1.77. The molecule has 1 aliphatic rings. The lowest BCUT2D eigenvalue weighted by Gasteiger charge is -2.13. The van der Waals surface area contributed by atoms with Crippen molar-refractivity contribution < 1.29 is 0 Å². The standard InChI is InChI=1S/C15H18N2O/c1-3-11-6-4-5-7-13(11)17-15(18)10-14(16(17)2)12-8-9-12/h4-7,10,12H,3,8-9H2,1-2H3. The molecule has 3 heteroatoms. The second kappa shape index (κ2) is 4.16. The molecule has 1 aliphatic carbocycles. The fourth-order valence-electron chi connectivity index (χ4n) is 2.60. The van der Waals surface area contributed by atoms with Crippen LogP contribution in [0.5, 0.6) is 0 Å². The van der Waals surface area contributed by atoms with Crippen LogP contribution in [0.1, 0.15) is 36.9 Å². The summed E-state index contributed by atoms with van der Waals surface area (Å²) in [5.74, 6) is 0.595. The van der Waals surface area contributed by atoms with E-state index in [0.717, 1.165) is 12.1 Å². The molecule has 0 unspecified atom stereocenters. The zero-order valence-corrected chi connectivity index (χ0v) is 10.9. The van der Waals surface area contributed by atoms with Gasteiger partial charge in [-0.15, -0.1) is 0 Å². The van der Waals surface area contributed by atoms with E-state index in [1.807, 2.05) is 29.9 Å². The Balaban J connectivity index is 2.19. The van der Waals surface area contributed by atoms with Gasteiger partial charge in [-0.1, -0.05) is 25.1 Å². The molecule has 0 amide bonds. The maximum absolute atomic E-state index is 12.2. The lowest BCUT2D eigenvalue weighted by atomic mass is 10.1. The highest BCUT2D eigenvalue weighted by Crippen LogP contribution is 2.39. The van der Waals surface area contributed by atoms with Crippen LogP contribution in [0.4, 0.5) is 0 Å². The van der Waals surface area contributed by atoms with Crippen LogP contribution in [-0.4, -0.2) is 9.36 Å². The van der Waals surface area contributed by atoms with Gasteiger partial charge in [0.2, 0.25) is 0 Å². The molecule has 2 aromatic rings. The Morgan fingerprint density at radius 2 is 2.00 bits per heavy atom. The molecule has 0 saturated heterocycles. The van der Waals surface area contributed by atoms with Crippen molar-refractivity contribution in [1.29, 1.82) is 0 Å². The number of nitrogens with zero attached hydrogens (tertiary/aromatic N) is 2. The molecule has 0 atom stereocenters. The predicted molar refractivity (Wildman–Crippen MR) is 72.4 cm³/mol. The van der Waals surface area contributed by atoms with Crippen molar-refractivity contribution in [1.82, 2.24) is 9.36 Å². The molecule has 0 N–H and O–H groups in total. The normalized spacial score (nSPS) is 15.0. The lowest BCUT2D eigenvalue weighted by molar-refractivity contribution is 0.612. The Kier molecular flexibility index (Phi) is 2.62. The first-order valence-corrected chi connectivity index (χ1v) is 6.59. The average molecular weight is 242 g/mol. The molecule has 1 saturated carbocycles. The number of hydrogen-bond acceptors (Lipinski definition) is 1. The van der Waals surface area contributed by atoms with E-state index in [1.165, 1.54) is 24.1 Å². The van der Waals surface area contributed by atoms with Gasteiger partial charge in [0.1, 0.15) is 0 Å². The van der Waals surface area contributed by atoms with Crippen molar-refractivity contribution >= 4 is 0 Å². The number of hydrogen-bond donors (Lipinski definition) is 0. The average Bonchev–Trinajstić information content (AvgIpc) is 3.17. The van der Waals surface area contributed by atoms with Gasteiger partial charge in [0.05, 0.1) is 5.69 Å². The fourth-order valence-corrected chi connectivity index (χ4v) is 2.60. The summed E-state index contributed by atoms with van der Waals surface area (Å²) in [6, 6.07) is 9.93. The third-order valence-electron chi connectivity index (χ3n) is 3.75. The highest BCUT2D eigenvalue weighted by atomic mass is 16.1. The van der Waals surface area contributed by atoms with E-state index < -0.39 is 0 Å². The van der Waals surface area contributed by atoms with E-state index in [4.69, 9.17) is 0 Å². The molecule has 1 aromatic carbocycles. The minimum absolute atomic E-state index is 0.0836. The van der Waals surface area contributed by atoms with Gasteiger partial charge in [0, 0.05) is 24.7 Å². The molecule has 0 bridgehead atoms. The van der Waals surface area contributed by atoms with Gasteiger partial charge in [0.25, 0.3) is 5.56 Å². The van der Waals surface area contributed by atoms with Crippen LogP contribution in [0.25, 0.3) is 5.69 Å². The number of para-hydroxylation sites is 1. The van der Waals surface area contributed by atoms with Crippen LogP contribution in [0.3, 0.4) is 0 Å². The van der Waals surface area contributed by atoms with Crippen molar-refractivity contribution in [3.8, 4) is 5.69 Å². The van der Waals surface area contributed by atoms with Crippen molar-refractivity contribution in [3.63, 3.8) is 0 Å². The first kappa shape index (κ1) is 11.3. The summed E-state index contributed by atoms with van der Waals surface area (Å²) in [4.78, 5) is 12.2. The molecule has 1 fully saturated rings. The summed E-state index contributed by atoms with van der Waals surface area (Å²) in [5.41, 5.74) is 3.48. The molecule has 94 valence electrons. The van der Waals surface area contributed by atoms with Gasteiger partial charge >= 0.3 is 0 Å². The third kappa shape index (κ3) is 1.70. The number of benzene rings is 1. The first-order valence-electron chi connectivity index (χ1n) is 6.59. The van der Waals surface area contributed by atoms with Crippen LogP contribution in [-0.2, 0) is 13.5 Å². The second-order valence-electron chi connectivity index (χ2n) is 5.00. The molecule has 0 radical (unpaired) electrons. The second-order valence-corrected chi connectivity index (χ2v) is 5.00. The van der Waals surface area contributed by atoms with Crippen LogP contribution in [0.2, 0.25) is 0 Å². The highest BCUT2D eigenvalue weighted by Gasteiger charge is 2.28. The maximum atomic E-state index is 12.2. The third-order valence-corrected chi connectivity index (χ3v) is 3.75. The Morgan fingerprint density at radius 1 is 1.28 bits per heavy atom. The summed E-state index contributed by atoms with van der Waals surface area (Å²) in [6.07, 6.45) is 3.37. The van der Waals surface area contributed by atoms with E-state index in [9.17, 15) is 4.79 Å². The fraction of sp³-hybridized carbons (Fsp3) is 0.400. The van der Waals surface area contributed by atoms with Crippen molar-refractivity contribution in [2.45, 2.75) is 32.1 Å². The molecule has 3 nitrogen and oxygen atoms in total. The van der Waals surface area contributed by atoms with Crippen LogP contribution < -0.4 is 5.56 Å². The van der Waals surface area contributed by atoms with E-state index in [2.05, 4.69) is 13.0 Å². The largest absolute Gasteiger partial charge is 0.285 e. The van der Waals surface area contributed by atoms with Crippen molar-refractivity contribution in [2.24, 2.45) is 7.05 Å². The van der Waals surface area contributed by atoms with Gasteiger partial charge in [-0.25, -0.2) is 4.68 Å². The summed E-state index contributed by atoms with van der Waals surface area (Å²) in [6.45, 7) is 2.12. The smallest absolute Gasteiger partial charge is 0.271 e. The van der Waals surface area contributed by atoms with Crippen molar-refractivity contribution in [3.05, 3.63) is 51.9 Å². The van der Waals surface area contributed by atoms with Crippen LogP contribution >= 0.6 is 0 Å². The number of rotatable bonds is 3. The Morgan fingerprint density at radius 3 is 2.67 bits per heavy atom. The Labute approximate surface area is 107 Å². The Bertz CT molecular complexity index is 632. The van der Waals surface area contributed by atoms with Gasteiger partial charge in [-0.2, -0.15) is 0 Å². The predicted octanol–water partition coefficient (Wildman–Crippen LogP) is 2.62. The minimum atomic E-state index is 0.0836. The van der Waals surface area contributed by atoms with Gasteiger partial charge in [-0.3, -0.25) is 9.48 Å². The molecule has 3 rings (SSSR count).